The van der Waals surface area contributed by atoms with Crippen molar-refractivity contribution in [2.24, 2.45) is 5.92 Å². The average molecular weight is 437 g/mol. The van der Waals surface area contributed by atoms with Crippen LogP contribution in [0.3, 0.4) is 0 Å². The molecule has 2 aromatic carbocycles. The Morgan fingerprint density at radius 2 is 1.85 bits per heavy atom. The maximum absolute atomic E-state index is 13.1. The summed E-state index contributed by atoms with van der Waals surface area (Å²) in [6.07, 6.45) is 7.86. The van der Waals surface area contributed by atoms with Gasteiger partial charge in [0, 0.05) is 37.2 Å². The second-order valence-electron chi connectivity index (χ2n) is 8.67. The molecule has 6 rings (SSSR count). The van der Waals surface area contributed by atoms with E-state index < -0.39 is 0 Å². The van der Waals surface area contributed by atoms with Gasteiger partial charge in [-0.3, -0.25) is 4.79 Å². The zero-order chi connectivity index (χ0) is 22.2. The second kappa shape index (κ2) is 8.16. The molecule has 1 N–H and O–H groups in total. The number of hydrogen-bond acceptors (Lipinski definition) is 5. The van der Waals surface area contributed by atoms with Gasteiger partial charge in [0.05, 0.1) is 5.92 Å². The van der Waals surface area contributed by atoms with Crippen LogP contribution < -0.4 is 10.2 Å². The van der Waals surface area contributed by atoms with Crippen molar-refractivity contribution < 1.29 is 4.79 Å². The summed E-state index contributed by atoms with van der Waals surface area (Å²) < 4.78 is 1.71. The fourth-order valence-electron chi connectivity index (χ4n) is 4.91. The molecule has 1 saturated heterocycles. The minimum Gasteiger partial charge on any atom is -0.356 e. The van der Waals surface area contributed by atoms with E-state index in [0.29, 0.717) is 6.54 Å². The first-order valence-electron chi connectivity index (χ1n) is 11.3. The van der Waals surface area contributed by atoms with Gasteiger partial charge in [0.1, 0.15) is 12.1 Å². The van der Waals surface area contributed by atoms with Crippen LogP contribution in [0.2, 0.25) is 0 Å². The molecule has 1 amide bonds. The molecule has 1 unspecified atom stereocenters. The first-order valence-corrected chi connectivity index (χ1v) is 11.3. The van der Waals surface area contributed by atoms with Crippen LogP contribution in [-0.2, 0) is 11.2 Å². The second-order valence-corrected chi connectivity index (χ2v) is 8.67. The first kappa shape index (κ1) is 19.7. The molecular weight excluding hydrogens is 412 g/mol. The third-order valence-corrected chi connectivity index (χ3v) is 6.55. The summed E-state index contributed by atoms with van der Waals surface area (Å²) in [6.45, 7) is 1.51. The fourth-order valence-corrected chi connectivity index (χ4v) is 4.91. The smallest absolute Gasteiger partial charge is 0.229 e. The Morgan fingerprint density at radius 3 is 2.76 bits per heavy atom. The molecule has 2 aliphatic rings. The SMILES string of the molecule is O=C(Nc1ccc2c(c1)Cc1ccccc1-2)C1CCCN(c2cc(-n3cccn3)ncn2)C1. The number of carbonyl (C=O) groups is 1. The zero-order valence-electron chi connectivity index (χ0n) is 18.2. The van der Waals surface area contributed by atoms with Crippen LogP contribution in [0.1, 0.15) is 24.0 Å². The zero-order valence-corrected chi connectivity index (χ0v) is 18.2. The highest BCUT2D eigenvalue weighted by Gasteiger charge is 2.27. The van der Waals surface area contributed by atoms with Gasteiger partial charge >= 0.3 is 0 Å². The molecule has 7 nitrogen and oxygen atoms in total. The van der Waals surface area contributed by atoms with E-state index in [1.54, 1.807) is 17.2 Å². The monoisotopic (exact) mass is 436 g/mol. The van der Waals surface area contributed by atoms with Gasteiger partial charge in [0.25, 0.3) is 0 Å². The van der Waals surface area contributed by atoms with Crippen molar-refractivity contribution in [1.82, 2.24) is 19.7 Å². The van der Waals surface area contributed by atoms with E-state index in [4.69, 9.17) is 0 Å². The number of rotatable bonds is 4. The van der Waals surface area contributed by atoms with Gasteiger partial charge in [0.15, 0.2) is 5.82 Å². The molecule has 4 aromatic rings. The van der Waals surface area contributed by atoms with Crippen molar-refractivity contribution in [3.63, 3.8) is 0 Å². The molecule has 7 heteroatoms. The maximum atomic E-state index is 13.1. The summed E-state index contributed by atoms with van der Waals surface area (Å²) in [5.41, 5.74) is 6.05. The average Bonchev–Trinajstić information content (AvgIpc) is 3.52. The number of nitrogens with zero attached hydrogens (tertiary/aromatic N) is 5. The number of anilines is 2. The number of carbonyl (C=O) groups excluding carboxylic acids is 1. The van der Waals surface area contributed by atoms with E-state index in [0.717, 1.165) is 43.1 Å². The standard InChI is InChI=1S/C26H24N6O/c33-26(30-21-8-9-23-20(14-21)13-18-5-1-2-7-22(18)23)19-6-3-11-31(16-19)24-15-25(28-17-27-24)32-12-4-10-29-32/h1-2,4-5,7-10,12,14-15,17,19H,3,6,11,13,16H2,(H,30,33). The van der Waals surface area contributed by atoms with Crippen molar-refractivity contribution in [3.8, 4) is 16.9 Å². The van der Waals surface area contributed by atoms with Gasteiger partial charge in [-0.25, -0.2) is 14.6 Å². The van der Waals surface area contributed by atoms with Gasteiger partial charge in [-0.2, -0.15) is 5.10 Å². The lowest BCUT2D eigenvalue weighted by molar-refractivity contribution is -0.120. The fraction of sp³-hybridized carbons (Fsp3) is 0.231. The van der Waals surface area contributed by atoms with E-state index in [9.17, 15) is 4.79 Å². The van der Waals surface area contributed by atoms with Gasteiger partial charge < -0.3 is 10.2 Å². The lowest BCUT2D eigenvalue weighted by atomic mass is 9.97. The quantitative estimate of drug-likeness (QED) is 0.459. The van der Waals surface area contributed by atoms with E-state index in [2.05, 4.69) is 61.7 Å². The molecule has 1 aliphatic heterocycles. The molecule has 2 aromatic heterocycles. The largest absolute Gasteiger partial charge is 0.356 e. The van der Waals surface area contributed by atoms with Crippen molar-refractivity contribution in [2.45, 2.75) is 19.3 Å². The Hall–Kier alpha value is -4.00. The lowest BCUT2D eigenvalue weighted by Crippen LogP contribution is -2.41. The number of amides is 1. The predicted octanol–water partition coefficient (Wildman–Crippen LogP) is 4.09. The summed E-state index contributed by atoms with van der Waals surface area (Å²) in [7, 11) is 0. The Balaban J connectivity index is 1.15. The summed E-state index contributed by atoms with van der Waals surface area (Å²) in [6, 6.07) is 18.5. The summed E-state index contributed by atoms with van der Waals surface area (Å²) >= 11 is 0. The molecule has 1 aliphatic carbocycles. The van der Waals surface area contributed by atoms with Crippen LogP contribution in [0, 0.1) is 5.92 Å². The number of aromatic nitrogens is 4. The van der Waals surface area contributed by atoms with Crippen LogP contribution in [0.15, 0.2) is 73.3 Å². The lowest BCUT2D eigenvalue weighted by Gasteiger charge is -2.33. The normalized spacial score (nSPS) is 16.8. The molecule has 1 fully saturated rings. The van der Waals surface area contributed by atoms with Crippen molar-refractivity contribution in [3.05, 3.63) is 84.4 Å². The van der Waals surface area contributed by atoms with E-state index in [1.165, 1.54) is 22.3 Å². The molecule has 1 atom stereocenters. The van der Waals surface area contributed by atoms with Crippen LogP contribution >= 0.6 is 0 Å². The van der Waals surface area contributed by atoms with Crippen LogP contribution in [0.4, 0.5) is 11.5 Å². The summed E-state index contributed by atoms with van der Waals surface area (Å²) in [4.78, 5) is 24.1. The van der Waals surface area contributed by atoms with Gasteiger partial charge in [-0.1, -0.05) is 30.3 Å². The molecule has 0 saturated carbocycles. The molecule has 3 heterocycles. The molecule has 0 bridgehead atoms. The maximum Gasteiger partial charge on any atom is 0.229 e. The summed E-state index contributed by atoms with van der Waals surface area (Å²) in [5, 5.41) is 7.41. The number of fused-ring (bicyclic) bond motifs is 3. The van der Waals surface area contributed by atoms with Crippen molar-refractivity contribution in [2.75, 3.05) is 23.3 Å². The van der Waals surface area contributed by atoms with Crippen molar-refractivity contribution >= 4 is 17.4 Å². The van der Waals surface area contributed by atoms with E-state index in [1.807, 2.05) is 24.4 Å². The molecular formula is C26H24N6O. The summed E-state index contributed by atoms with van der Waals surface area (Å²) in [5.74, 6) is 1.52. The number of piperidine rings is 1. The van der Waals surface area contributed by atoms with Gasteiger partial charge in [-0.15, -0.1) is 0 Å². The Bertz CT molecular complexity index is 1320. The van der Waals surface area contributed by atoms with E-state index >= 15 is 0 Å². The number of benzene rings is 2. The minimum atomic E-state index is -0.0904. The molecule has 0 radical (unpaired) electrons. The molecule has 33 heavy (non-hydrogen) atoms. The van der Waals surface area contributed by atoms with Gasteiger partial charge in [-0.05, 0) is 59.7 Å². The van der Waals surface area contributed by atoms with Crippen LogP contribution in [0.5, 0.6) is 0 Å². The first-order chi connectivity index (χ1) is 16.2. The Labute approximate surface area is 192 Å². The topological polar surface area (TPSA) is 75.9 Å². The van der Waals surface area contributed by atoms with Crippen molar-refractivity contribution in [1.29, 1.82) is 0 Å². The third kappa shape index (κ3) is 3.75. The minimum absolute atomic E-state index is 0.0662. The van der Waals surface area contributed by atoms with E-state index in [-0.39, 0.29) is 11.8 Å². The Morgan fingerprint density at radius 1 is 0.970 bits per heavy atom. The van der Waals surface area contributed by atoms with Gasteiger partial charge in [0.2, 0.25) is 5.91 Å². The third-order valence-electron chi connectivity index (χ3n) is 6.55. The molecule has 0 spiro atoms. The molecule has 164 valence electrons. The number of hydrogen-bond donors (Lipinski definition) is 1. The highest BCUT2D eigenvalue weighted by molar-refractivity contribution is 5.94. The van der Waals surface area contributed by atoms with Crippen LogP contribution in [0.25, 0.3) is 16.9 Å². The van der Waals surface area contributed by atoms with Crippen LogP contribution in [-0.4, -0.2) is 38.7 Å². The predicted molar refractivity (Wildman–Crippen MR) is 127 cm³/mol. The highest BCUT2D eigenvalue weighted by atomic mass is 16.1. The highest BCUT2D eigenvalue weighted by Crippen LogP contribution is 2.37. The number of nitrogens with one attached hydrogen (secondary N) is 1. The Kier molecular flexibility index (Phi) is 4.87.